The Morgan fingerprint density at radius 2 is 2.50 bits per heavy atom. The Balaban J connectivity index is 2.16. The third-order valence-corrected chi connectivity index (χ3v) is 4.38. The Kier molecular flexibility index (Phi) is 7.12. The monoisotopic (exact) mass is 235 g/mol. The molecule has 4 heteroatoms. The van der Waals surface area contributed by atoms with Gasteiger partial charge in [-0.05, 0) is 37.0 Å². The normalized spacial score (nSPS) is 24.9. The van der Waals surface area contributed by atoms with Crippen LogP contribution in [0.3, 0.4) is 0 Å². The Morgan fingerprint density at radius 1 is 1.64 bits per heavy atom. The van der Waals surface area contributed by atoms with Gasteiger partial charge < -0.3 is 10.4 Å². The molecule has 0 unspecified atom stereocenters. The van der Waals surface area contributed by atoms with Gasteiger partial charge in [-0.3, -0.25) is 0 Å². The predicted molar refractivity (Wildman–Crippen MR) is 67.4 cm³/mol. The van der Waals surface area contributed by atoms with Crippen molar-refractivity contribution in [2.45, 2.75) is 31.3 Å². The topological polar surface area (TPSA) is 32.3 Å². The molecule has 0 aromatic heterocycles. The molecular formula is C10H21NOS2. The molecule has 1 fully saturated rings. The van der Waals surface area contributed by atoms with E-state index in [0.29, 0.717) is 12.1 Å². The quantitative estimate of drug-likeness (QED) is 0.732. The molecular weight excluding hydrogens is 214 g/mol. The second-order valence-corrected chi connectivity index (χ2v) is 5.88. The molecule has 2 nitrogen and oxygen atoms in total. The van der Waals surface area contributed by atoms with Crippen LogP contribution in [-0.2, 0) is 0 Å². The molecule has 0 radical (unpaired) electrons. The highest BCUT2D eigenvalue weighted by molar-refractivity contribution is 7.99. The summed E-state index contributed by atoms with van der Waals surface area (Å²) < 4.78 is 0. The van der Waals surface area contributed by atoms with Crippen molar-refractivity contribution in [2.24, 2.45) is 0 Å². The highest BCUT2D eigenvalue weighted by Crippen LogP contribution is 2.17. The van der Waals surface area contributed by atoms with E-state index in [4.69, 9.17) is 0 Å². The van der Waals surface area contributed by atoms with Crippen LogP contribution < -0.4 is 5.32 Å². The van der Waals surface area contributed by atoms with Crippen LogP contribution in [0.5, 0.6) is 0 Å². The molecule has 0 amide bonds. The lowest BCUT2D eigenvalue weighted by Gasteiger charge is -2.27. The van der Waals surface area contributed by atoms with Gasteiger partial charge in [-0.2, -0.15) is 23.5 Å². The lowest BCUT2D eigenvalue weighted by Crippen LogP contribution is -2.43. The molecule has 0 aromatic carbocycles. The molecule has 0 saturated carbocycles. The fourth-order valence-electron chi connectivity index (χ4n) is 1.69. The van der Waals surface area contributed by atoms with Crippen LogP contribution in [0.2, 0.25) is 0 Å². The molecule has 2 N–H and O–H groups in total. The maximum atomic E-state index is 9.20. The van der Waals surface area contributed by atoms with Crippen molar-refractivity contribution < 1.29 is 5.11 Å². The average molecular weight is 235 g/mol. The summed E-state index contributed by atoms with van der Waals surface area (Å²) in [5.74, 6) is 3.67. The van der Waals surface area contributed by atoms with E-state index < -0.39 is 0 Å². The second-order valence-electron chi connectivity index (χ2n) is 3.74. The number of thioether (sulfide) groups is 2. The van der Waals surface area contributed by atoms with Gasteiger partial charge in [0.2, 0.25) is 0 Å². The van der Waals surface area contributed by atoms with Gasteiger partial charge in [0.25, 0.3) is 0 Å². The zero-order chi connectivity index (χ0) is 10.2. The Morgan fingerprint density at radius 3 is 3.07 bits per heavy atom. The fraction of sp³-hybridized carbons (Fsp3) is 1.00. The van der Waals surface area contributed by atoms with E-state index in [-0.39, 0.29) is 6.61 Å². The van der Waals surface area contributed by atoms with Crippen molar-refractivity contribution >= 4 is 23.5 Å². The van der Waals surface area contributed by atoms with Gasteiger partial charge in [0.15, 0.2) is 0 Å². The average Bonchev–Trinajstić information content (AvgIpc) is 2.25. The summed E-state index contributed by atoms with van der Waals surface area (Å²) in [7, 11) is 0. The summed E-state index contributed by atoms with van der Waals surface area (Å²) in [5, 5.41) is 12.8. The van der Waals surface area contributed by atoms with Crippen LogP contribution in [0.25, 0.3) is 0 Å². The molecule has 0 aliphatic carbocycles. The van der Waals surface area contributed by atoms with E-state index in [1.807, 2.05) is 23.5 Å². The Hall–Kier alpha value is 0.620. The van der Waals surface area contributed by atoms with Gasteiger partial charge in [-0.15, -0.1) is 0 Å². The number of aliphatic hydroxyl groups excluding tert-OH is 1. The van der Waals surface area contributed by atoms with Crippen LogP contribution in [0.15, 0.2) is 0 Å². The molecule has 0 bridgehead atoms. The van der Waals surface area contributed by atoms with Crippen molar-refractivity contribution in [2.75, 3.05) is 30.1 Å². The zero-order valence-electron chi connectivity index (χ0n) is 8.87. The molecule has 1 heterocycles. The number of hydrogen-bond donors (Lipinski definition) is 2. The minimum absolute atomic E-state index is 0.279. The SMILES string of the molecule is CSCC[C@H](CO)N[C@@H]1CCCSC1. The lowest BCUT2D eigenvalue weighted by molar-refractivity contribution is 0.228. The van der Waals surface area contributed by atoms with Gasteiger partial charge >= 0.3 is 0 Å². The first-order chi connectivity index (χ1) is 6.86. The Labute approximate surface area is 95.6 Å². The molecule has 14 heavy (non-hydrogen) atoms. The molecule has 1 aliphatic rings. The van der Waals surface area contributed by atoms with E-state index >= 15 is 0 Å². The van der Waals surface area contributed by atoms with Crippen molar-refractivity contribution in [1.82, 2.24) is 5.32 Å². The third-order valence-electron chi connectivity index (χ3n) is 2.52. The molecule has 1 aliphatic heterocycles. The smallest absolute Gasteiger partial charge is 0.0585 e. The molecule has 0 aromatic rings. The molecule has 84 valence electrons. The van der Waals surface area contributed by atoms with E-state index in [1.165, 1.54) is 24.3 Å². The van der Waals surface area contributed by atoms with Crippen LogP contribution in [-0.4, -0.2) is 47.3 Å². The highest BCUT2D eigenvalue weighted by atomic mass is 32.2. The van der Waals surface area contributed by atoms with Gasteiger partial charge in [0.05, 0.1) is 6.61 Å². The number of nitrogens with one attached hydrogen (secondary N) is 1. The van der Waals surface area contributed by atoms with E-state index in [0.717, 1.165) is 12.2 Å². The first-order valence-corrected chi connectivity index (χ1v) is 7.85. The second kappa shape index (κ2) is 7.85. The largest absolute Gasteiger partial charge is 0.395 e. The van der Waals surface area contributed by atoms with Crippen molar-refractivity contribution in [3.63, 3.8) is 0 Å². The zero-order valence-corrected chi connectivity index (χ0v) is 10.5. The fourth-order valence-corrected chi connectivity index (χ4v) is 3.30. The first kappa shape index (κ1) is 12.7. The van der Waals surface area contributed by atoms with Crippen molar-refractivity contribution in [3.8, 4) is 0 Å². The number of hydrogen-bond acceptors (Lipinski definition) is 4. The van der Waals surface area contributed by atoms with Crippen LogP contribution in [0, 0.1) is 0 Å². The van der Waals surface area contributed by atoms with Gasteiger partial charge in [-0.1, -0.05) is 0 Å². The summed E-state index contributed by atoms with van der Waals surface area (Å²) >= 11 is 3.88. The summed E-state index contributed by atoms with van der Waals surface area (Å²) in [5.41, 5.74) is 0. The van der Waals surface area contributed by atoms with Crippen molar-refractivity contribution in [3.05, 3.63) is 0 Å². The van der Waals surface area contributed by atoms with Gasteiger partial charge in [-0.25, -0.2) is 0 Å². The van der Waals surface area contributed by atoms with Crippen LogP contribution >= 0.6 is 23.5 Å². The Bertz CT molecular complexity index is 140. The van der Waals surface area contributed by atoms with Crippen molar-refractivity contribution in [1.29, 1.82) is 0 Å². The molecule has 2 atom stereocenters. The number of aliphatic hydroxyl groups is 1. The highest BCUT2D eigenvalue weighted by Gasteiger charge is 2.17. The summed E-state index contributed by atoms with van der Waals surface area (Å²) in [4.78, 5) is 0. The van der Waals surface area contributed by atoms with Crippen LogP contribution in [0.4, 0.5) is 0 Å². The van der Waals surface area contributed by atoms with Crippen LogP contribution in [0.1, 0.15) is 19.3 Å². The minimum atomic E-state index is 0.279. The van der Waals surface area contributed by atoms with Gasteiger partial charge in [0, 0.05) is 17.8 Å². The van der Waals surface area contributed by atoms with E-state index in [9.17, 15) is 5.11 Å². The maximum Gasteiger partial charge on any atom is 0.0585 e. The molecule has 0 spiro atoms. The van der Waals surface area contributed by atoms with Gasteiger partial charge in [0.1, 0.15) is 0 Å². The summed E-state index contributed by atoms with van der Waals surface area (Å²) in [6.45, 7) is 0.279. The molecule has 1 saturated heterocycles. The molecule has 1 rings (SSSR count). The first-order valence-electron chi connectivity index (χ1n) is 5.30. The minimum Gasteiger partial charge on any atom is -0.395 e. The maximum absolute atomic E-state index is 9.20. The van der Waals surface area contributed by atoms with E-state index in [2.05, 4.69) is 11.6 Å². The standard InChI is InChI=1S/C10H21NOS2/c1-13-6-4-9(7-12)11-10-3-2-5-14-8-10/h9-12H,2-8H2,1H3/t9-,10-/m1/s1. The van der Waals surface area contributed by atoms with E-state index in [1.54, 1.807) is 0 Å². The predicted octanol–water partition coefficient (Wildman–Crippen LogP) is 1.59. The lowest BCUT2D eigenvalue weighted by atomic mass is 10.1. The summed E-state index contributed by atoms with van der Waals surface area (Å²) in [6.07, 6.45) is 5.80. The third kappa shape index (κ3) is 4.91. The summed E-state index contributed by atoms with van der Waals surface area (Å²) in [6, 6.07) is 0.943. The number of rotatable bonds is 6.